The van der Waals surface area contributed by atoms with Gasteiger partial charge in [-0.2, -0.15) is 0 Å². The fourth-order valence-corrected chi connectivity index (χ4v) is 2.18. The largest absolute Gasteiger partial charge is 0.384 e. The monoisotopic (exact) mass is 215 g/mol. The van der Waals surface area contributed by atoms with Gasteiger partial charge in [0, 0.05) is 18.9 Å². The zero-order chi connectivity index (χ0) is 9.97. The number of H-pyrrole nitrogens is 1. The molecule has 1 heterocycles. The van der Waals surface area contributed by atoms with E-state index in [1.54, 1.807) is 23.4 Å². The fraction of sp³-hybridized carbons (Fsp3) is 0.750. The lowest BCUT2D eigenvalue weighted by Crippen LogP contribution is -2.16. The Hall–Kier alpha value is -0.750. The van der Waals surface area contributed by atoms with Gasteiger partial charge in [-0.3, -0.25) is 4.57 Å². The molecule has 0 atom stereocenters. The Bertz CT molecular complexity index is 356. The van der Waals surface area contributed by atoms with E-state index >= 15 is 0 Å². The number of rotatable bonds is 5. The van der Waals surface area contributed by atoms with Gasteiger partial charge in [-0.15, -0.1) is 5.10 Å². The van der Waals surface area contributed by atoms with Crippen LogP contribution in [0.25, 0.3) is 0 Å². The molecule has 0 bridgehead atoms. The number of nitrogens with one attached hydrogen (secondary N) is 1. The van der Waals surface area contributed by atoms with Crippen molar-refractivity contribution >= 4 is 11.8 Å². The smallest absolute Gasteiger partial charge is 0.344 e. The molecular formula is C8H13N3O2S. The fourth-order valence-electron chi connectivity index (χ4n) is 1.26. The SMILES string of the molecule is COCCSc1n[nH]c(=O)n1C1CC1. The Labute approximate surface area is 85.8 Å². The molecule has 5 nitrogen and oxygen atoms in total. The summed E-state index contributed by atoms with van der Waals surface area (Å²) in [6.45, 7) is 0.677. The van der Waals surface area contributed by atoms with Gasteiger partial charge in [0.25, 0.3) is 0 Å². The maximum Gasteiger partial charge on any atom is 0.344 e. The second-order valence-electron chi connectivity index (χ2n) is 3.25. The first kappa shape index (κ1) is 9.79. The average Bonchev–Trinajstić information content (AvgIpc) is 2.93. The van der Waals surface area contributed by atoms with E-state index in [1.165, 1.54) is 0 Å². The lowest BCUT2D eigenvalue weighted by molar-refractivity contribution is 0.218. The standard InChI is InChI=1S/C8H13N3O2S/c1-13-4-5-14-8-10-9-7(12)11(8)6-2-3-6/h6H,2-5H2,1H3,(H,9,12). The van der Waals surface area contributed by atoms with Crippen LogP contribution in [0.15, 0.2) is 9.95 Å². The minimum absolute atomic E-state index is 0.0904. The van der Waals surface area contributed by atoms with Crippen molar-refractivity contribution in [2.24, 2.45) is 0 Å². The molecule has 6 heteroatoms. The van der Waals surface area contributed by atoms with Gasteiger partial charge >= 0.3 is 5.69 Å². The quantitative estimate of drug-likeness (QED) is 0.578. The highest BCUT2D eigenvalue weighted by atomic mass is 32.2. The molecule has 1 aliphatic rings. The van der Waals surface area contributed by atoms with Crippen molar-refractivity contribution in [2.45, 2.75) is 24.0 Å². The molecule has 0 spiro atoms. The minimum Gasteiger partial charge on any atom is -0.384 e. The van der Waals surface area contributed by atoms with Crippen LogP contribution < -0.4 is 5.69 Å². The average molecular weight is 215 g/mol. The molecule has 2 rings (SSSR count). The zero-order valence-corrected chi connectivity index (χ0v) is 8.84. The molecule has 0 radical (unpaired) electrons. The van der Waals surface area contributed by atoms with Crippen LogP contribution in [-0.2, 0) is 4.74 Å². The van der Waals surface area contributed by atoms with Gasteiger partial charge in [-0.05, 0) is 12.8 Å². The van der Waals surface area contributed by atoms with Crippen LogP contribution in [0.1, 0.15) is 18.9 Å². The van der Waals surface area contributed by atoms with Crippen LogP contribution in [0.5, 0.6) is 0 Å². The summed E-state index contributed by atoms with van der Waals surface area (Å²) >= 11 is 1.56. The molecule has 1 aromatic rings. The van der Waals surface area contributed by atoms with Gasteiger partial charge in [-0.25, -0.2) is 9.89 Å². The van der Waals surface area contributed by atoms with Crippen molar-refractivity contribution in [1.82, 2.24) is 14.8 Å². The molecule has 0 amide bonds. The summed E-state index contributed by atoms with van der Waals surface area (Å²) in [5.41, 5.74) is -0.0904. The molecule has 14 heavy (non-hydrogen) atoms. The lowest BCUT2D eigenvalue weighted by atomic mass is 10.7. The summed E-state index contributed by atoms with van der Waals surface area (Å²) in [5.74, 6) is 0.827. The van der Waals surface area contributed by atoms with Gasteiger partial charge in [0.15, 0.2) is 5.16 Å². The van der Waals surface area contributed by atoms with Crippen LogP contribution in [0.2, 0.25) is 0 Å². The predicted octanol–water partition coefficient (Wildman–Crippen LogP) is 0.645. The van der Waals surface area contributed by atoms with Gasteiger partial charge in [0.1, 0.15) is 0 Å². The van der Waals surface area contributed by atoms with Gasteiger partial charge in [0.05, 0.1) is 6.61 Å². The van der Waals surface area contributed by atoms with Crippen molar-refractivity contribution in [1.29, 1.82) is 0 Å². The first-order valence-corrected chi connectivity index (χ1v) is 5.60. The van der Waals surface area contributed by atoms with Gasteiger partial charge < -0.3 is 4.74 Å². The number of aromatic nitrogens is 3. The van der Waals surface area contributed by atoms with E-state index in [1.807, 2.05) is 0 Å². The number of hydrogen-bond donors (Lipinski definition) is 1. The van der Waals surface area contributed by atoms with Crippen LogP contribution in [0.3, 0.4) is 0 Å². The van der Waals surface area contributed by atoms with Crippen molar-refractivity contribution in [3.63, 3.8) is 0 Å². The van der Waals surface area contributed by atoms with E-state index in [9.17, 15) is 4.79 Å². The number of aromatic amines is 1. The Kier molecular flexibility index (Phi) is 2.93. The highest BCUT2D eigenvalue weighted by Crippen LogP contribution is 2.35. The topological polar surface area (TPSA) is 59.9 Å². The molecule has 1 aliphatic carbocycles. The van der Waals surface area contributed by atoms with Crippen molar-refractivity contribution < 1.29 is 4.74 Å². The second-order valence-corrected chi connectivity index (χ2v) is 4.32. The molecule has 78 valence electrons. The van der Waals surface area contributed by atoms with E-state index < -0.39 is 0 Å². The zero-order valence-electron chi connectivity index (χ0n) is 8.02. The Morgan fingerprint density at radius 3 is 3.14 bits per heavy atom. The van der Waals surface area contributed by atoms with E-state index in [-0.39, 0.29) is 5.69 Å². The summed E-state index contributed by atoms with van der Waals surface area (Å²) in [6.07, 6.45) is 2.19. The number of methoxy groups -OCH3 is 1. The molecule has 0 unspecified atom stereocenters. The Balaban J connectivity index is 2.05. The van der Waals surface area contributed by atoms with Crippen molar-refractivity contribution in [2.75, 3.05) is 19.5 Å². The Morgan fingerprint density at radius 2 is 2.50 bits per heavy atom. The summed E-state index contributed by atoms with van der Waals surface area (Å²) in [5, 5.41) is 7.25. The lowest BCUT2D eigenvalue weighted by Gasteiger charge is -2.01. The van der Waals surface area contributed by atoms with E-state index in [0.29, 0.717) is 12.6 Å². The van der Waals surface area contributed by atoms with Crippen LogP contribution in [0, 0.1) is 0 Å². The van der Waals surface area contributed by atoms with Crippen LogP contribution in [0.4, 0.5) is 0 Å². The van der Waals surface area contributed by atoms with Crippen molar-refractivity contribution in [3.05, 3.63) is 10.5 Å². The summed E-state index contributed by atoms with van der Waals surface area (Å²) in [6, 6.07) is 0.381. The molecule has 0 saturated heterocycles. The van der Waals surface area contributed by atoms with Crippen LogP contribution >= 0.6 is 11.8 Å². The van der Waals surface area contributed by atoms with E-state index in [2.05, 4.69) is 10.2 Å². The summed E-state index contributed by atoms with van der Waals surface area (Å²) < 4.78 is 6.69. The van der Waals surface area contributed by atoms with Crippen LogP contribution in [-0.4, -0.2) is 34.2 Å². The molecule has 1 fully saturated rings. The number of ether oxygens (including phenoxy) is 1. The molecule has 0 aromatic carbocycles. The first-order valence-electron chi connectivity index (χ1n) is 4.61. The number of hydrogen-bond acceptors (Lipinski definition) is 4. The number of nitrogens with zero attached hydrogens (tertiary/aromatic N) is 2. The number of thioether (sulfide) groups is 1. The summed E-state index contributed by atoms with van der Waals surface area (Å²) in [7, 11) is 1.67. The highest BCUT2D eigenvalue weighted by molar-refractivity contribution is 7.99. The predicted molar refractivity (Wildman–Crippen MR) is 53.7 cm³/mol. The van der Waals surface area contributed by atoms with E-state index in [4.69, 9.17) is 4.74 Å². The first-order chi connectivity index (χ1) is 6.83. The summed E-state index contributed by atoms with van der Waals surface area (Å²) in [4.78, 5) is 11.4. The minimum atomic E-state index is -0.0904. The molecular weight excluding hydrogens is 202 g/mol. The molecule has 0 aliphatic heterocycles. The Morgan fingerprint density at radius 1 is 1.71 bits per heavy atom. The normalized spacial score (nSPS) is 16.1. The van der Waals surface area contributed by atoms with E-state index in [0.717, 1.165) is 23.8 Å². The maximum absolute atomic E-state index is 11.4. The second kappa shape index (κ2) is 4.18. The molecule has 1 aromatic heterocycles. The highest BCUT2D eigenvalue weighted by Gasteiger charge is 2.28. The third kappa shape index (κ3) is 2.01. The third-order valence-electron chi connectivity index (χ3n) is 2.10. The van der Waals surface area contributed by atoms with Gasteiger partial charge in [0.2, 0.25) is 0 Å². The van der Waals surface area contributed by atoms with Gasteiger partial charge in [-0.1, -0.05) is 11.8 Å². The molecule has 1 saturated carbocycles. The maximum atomic E-state index is 11.4. The third-order valence-corrected chi connectivity index (χ3v) is 3.02. The molecule has 1 N–H and O–H groups in total. The van der Waals surface area contributed by atoms with Crippen molar-refractivity contribution in [3.8, 4) is 0 Å².